The van der Waals surface area contributed by atoms with Crippen molar-refractivity contribution in [3.8, 4) is 11.1 Å². The van der Waals surface area contributed by atoms with Crippen LogP contribution in [0.2, 0.25) is 0 Å². The molecule has 0 bridgehead atoms. The van der Waals surface area contributed by atoms with Gasteiger partial charge in [0.15, 0.2) is 0 Å². The van der Waals surface area contributed by atoms with E-state index in [2.05, 4.69) is 5.32 Å². The summed E-state index contributed by atoms with van der Waals surface area (Å²) in [6, 6.07) is 16.8. The van der Waals surface area contributed by atoms with Gasteiger partial charge in [-0.15, -0.1) is 0 Å². The van der Waals surface area contributed by atoms with E-state index in [9.17, 15) is 18.4 Å². The molecule has 0 fully saturated rings. The maximum atomic E-state index is 14.1. The van der Waals surface area contributed by atoms with Gasteiger partial charge >= 0.3 is 5.97 Å². The fourth-order valence-corrected chi connectivity index (χ4v) is 3.85. The van der Waals surface area contributed by atoms with Gasteiger partial charge in [0.2, 0.25) is 0 Å². The van der Waals surface area contributed by atoms with Crippen LogP contribution >= 0.6 is 0 Å². The van der Waals surface area contributed by atoms with Crippen LogP contribution in [0.5, 0.6) is 0 Å². The number of halogens is 2. The lowest BCUT2D eigenvalue weighted by Crippen LogP contribution is -2.45. The van der Waals surface area contributed by atoms with Gasteiger partial charge in [-0.25, -0.2) is 13.6 Å². The topological polar surface area (TPSA) is 55.4 Å². The van der Waals surface area contributed by atoms with Crippen molar-refractivity contribution >= 4 is 11.9 Å². The maximum absolute atomic E-state index is 14.1. The lowest BCUT2D eigenvalue weighted by Gasteiger charge is -2.24. The largest absolute Gasteiger partial charge is 0.467 e. The van der Waals surface area contributed by atoms with E-state index in [4.69, 9.17) is 4.74 Å². The molecule has 29 heavy (non-hydrogen) atoms. The van der Waals surface area contributed by atoms with Gasteiger partial charge in [0.25, 0.3) is 5.91 Å². The summed E-state index contributed by atoms with van der Waals surface area (Å²) in [6.07, 6.45) is 0. The molecule has 1 atom stereocenters. The number of rotatable bonds is 4. The molecular formula is C23H17F2NO3. The van der Waals surface area contributed by atoms with Gasteiger partial charge in [-0.05, 0) is 34.4 Å². The monoisotopic (exact) mass is 393 g/mol. The molecule has 146 valence electrons. The molecule has 0 spiro atoms. The third-order valence-electron chi connectivity index (χ3n) is 5.13. The molecule has 1 aliphatic rings. The first-order valence-corrected chi connectivity index (χ1v) is 9.03. The molecule has 0 heterocycles. The number of amides is 1. The van der Waals surface area contributed by atoms with Gasteiger partial charge in [-0.2, -0.15) is 0 Å². The summed E-state index contributed by atoms with van der Waals surface area (Å²) in [5.41, 5.74) is 3.31. The Kier molecular flexibility index (Phi) is 4.84. The summed E-state index contributed by atoms with van der Waals surface area (Å²) in [5, 5.41) is 2.59. The summed E-state index contributed by atoms with van der Waals surface area (Å²) in [6.45, 7) is 0. The number of esters is 1. The quantitative estimate of drug-likeness (QED) is 0.681. The number of carbonyl (C=O) groups excluding carboxylic acids is 2. The summed E-state index contributed by atoms with van der Waals surface area (Å²) >= 11 is 0. The zero-order valence-electron chi connectivity index (χ0n) is 15.5. The van der Waals surface area contributed by atoms with E-state index in [-0.39, 0.29) is 5.56 Å². The highest BCUT2D eigenvalue weighted by molar-refractivity contribution is 5.98. The van der Waals surface area contributed by atoms with E-state index >= 15 is 0 Å². The Labute approximate surface area is 166 Å². The molecule has 0 radical (unpaired) electrons. The van der Waals surface area contributed by atoms with Gasteiger partial charge < -0.3 is 10.1 Å². The average Bonchev–Trinajstić information content (AvgIpc) is 3.05. The minimum atomic E-state index is -1.08. The van der Waals surface area contributed by atoms with Crippen molar-refractivity contribution in [3.63, 3.8) is 0 Å². The average molecular weight is 393 g/mol. The van der Waals surface area contributed by atoms with Crippen LogP contribution in [0.25, 0.3) is 11.1 Å². The van der Waals surface area contributed by atoms with Crippen LogP contribution in [-0.2, 0) is 9.53 Å². The first-order chi connectivity index (χ1) is 14.0. The smallest absolute Gasteiger partial charge is 0.329 e. The Morgan fingerprint density at radius 2 is 1.52 bits per heavy atom. The number of nitrogens with one attached hydrogen (secondary N) is 1. The van der Waals surface area contributed by atoms with Gasteiger partial charge in [-0.3, -0.25) is 4.79 Å². The molecule has 6 heteroatoms. The van der Waals surface area contributed by atoms with Crippen LogP contribution < -0.4 is 5.32 Å². The Bertz CT molecular complexity index is 1070. The SMILES string of the molecule is COC(=O)[C@@H](NC(=O)c1ccc(F)cc1F)C1c2ccccc2-c2ccccc21. The number of ether oxygens (including phenoxy) is 1. The lowest BCUT2D eigenvalue weighted by atomic mass is 9.89. The number of carbonyl (C=O) groups is 2. The van der Waals surface area contributed by atoms with Crippen molar-refractivity contribution in [1.29, 1.82) is 0 Å². The maximum Gasteiger partial charge on any atom is 0.329 e. The fraction of sp³-hybridized carbons (Fsp3) is 0.130. The standard InChI is InChI=1S/C23H17F2NO3/c1-29-23(28)21(26-22(27)18-11-10-13(24)12-19(18)25)20-16-8-4-2-6-14(16)15-7-3-5-9-17(15)20/h2-12,20-21H,1H3,(H,26,27)/t21-/m0/s1. The van der Waals surface area contributed by atoms with Crippen LogP contribution in [0.15, 0.2) is 66.7 Å². The summed E-state index contributed by atoms with van der Waals surface area (Å²) < 4.78 is 32.2. The summed E-state index contributed by atoms with van der Waals surface area (Å²) in [7, 11) is 1.23. The lowest BCUT2D eigenvalue weighted by molar-refractivity contribution is -0.143. The Morgan fingerprint density at radius 3 is 2.07 bits per heavy atom. The van der Waals surface area contributed by atoms with Gasteiger partial charge in [0, 0.05) is 12.0 Å². The predicted octanol–water partition coefficient (Wildman–Crippen LogP) is 4.05. The van der Waals surface area contributed by atoms with Crippen molar-refractivity contribution in [3.05, 3.63) is 95.1 Å². The molecule has 4 rings (SSSR count). The third-order valence-corrected chi connectivity index (χ3v) is 5.13. The van der Waals surface area contributed by atoms with E-state index in [1.807, 2.05) is 48.5 Å². The van der Waals surface area contributed by atoms with E-state index in [1.165, 1.54) is 7.11 Å². The molecule has 0 saturated carbocycles. The van der Waals surface area contributed by atoms with Crippen LogP contribution in [-0.4, -0.2) is 25.0 Å². The number of methoxy groups -OCH3 is 1. The molecule has 4 nitrogen and oxygen atoms in total. The molecule has 0 aliphatic heterocycles. The summed E-state index contributed by atoms with van der Waals surface area (Å²) in [4.78, 5) is 25.3. The van der Waals surface area contributed by atoms with Gasteiger partial charge in [0.05, 0.1) is 12.7 Å². The van der Waals surface area contributed by atoms with Crippen molar-refractivity contribution in [1.82, 2.24) is 5.32 Å². The Morgan fingerprint density at radius 1 is 0.931 bits per heavy atom. The predicted molar refractivity (Wildman–Crippen MR) is 103 cm³/mol. The molecular weight excluding hydrogens is 376 g/mol. The number of hydrogen-bond donors (Lipinski definition) is 1. The molecule has 3 aromatic carbocycles. The number of fused-ring (bicyclic) bond motifs is 3. The van der Waals surface area contributed by atoms with E-state index in [1.54, 1.807) is 0 Å². The van der Waals surface area contributed by atoms with E-state index in [0.717, 1.165) is 34.4 Å². The second-order valence-corrected chi connectivity index (χ2v) is 6.75. The zero-order valence-corrected chi connectivity index (χ0v) is 15.5. The molecule has 3 aromatic rings. The van der Waals surface area contributed by atoms with Crippen molar-refractivity contribution in [2.45, 2.75) is 12.0 Å². The number of hydrogen-bond acceptors (Lipinski definition) is 3. The van der Waals surface area contributed by atoms with Crippen LogP contribution in [0.1, 0.15) is 27.4 Å². The molecule has 0 unspecified atom stereocenters. The van der Waals surface area contributed by atoms with Crippen LogP contribution in [0, 0.1) is 11.6 Å². The molecule has 1 aliphatic carbocycles. The highest BCUT2D eigenvalue weighted by Crippen LogP contribution is 2.46. The van der Waals surface area contributed by atoms with Crippen LogP contribution in [0.4, 0.5) is 8.78 Å². The Hall–Kier alpha value is -3.54. The van der Waals surface area contributed by atoms with Gasteiger partial charge in [-0.1, -0.05) is 48.5 Å². The number of benzene rings is 3. The minimum Gasteiger partial charge on any atom is -0.467 e. The summed E-state index contributed by atoms with van der Waals surface area (Å²) in [5.74, 6) is -3.76. The van der Waals surface area contributed by atoms with E-state index < -0.39 is 35.5 Å². The molecule has 1 amide bonds. The Balaban J connectivity index is 1.76. The molecule has 0 saturated heterocycles. The second kappa shape index (κ2) is 7.47. The highest BCUT2D eigenvalue weighted by atomic mass is 19.1. The fourth-order valence-electron chi connectivity index (χ4n) is 3.85. The second-order valence-electron chi connectivity index (χ2n) is 6.75. The van der Waals surface area contributed by atoms with Crippen LogP contribution in [0.3, 0.4) is 0 Å². The van der Waals surface area contributed by atoms with Crippen molar-refractivity contribution in [2.24, 2.45) is 0 Å². The highest BCUT2D eigenvalue weighted by Gasteiger charge is 2.39. The van der Waals surface area contributed by atoms with E-state index in [0.29, 0.717) is 6.07 Å². The molecule has 1 N–H and O–H groups in total. The normalized spacial score (nSPS) is 13.3. The third kappa shape index (κ3) is 3.27. The molecule has 0 aromatic heterocycles. The first-order valence-electron chi connectivity index (χ1n) is 9.03. The van der Waals surface area contributed by atoms with Crippen molar-refractivity contribution in [2.75, 3.05) is 7.11 Å². The zero-order chi connectivity index (χ0) is 20.5. The van der Waals surface area contributed by atoms with Crippen molar-refractivity contribution < 1.29 is 23.1 Å². The first kappa shape index (κ1) is 18.8. The van der Waals surface area contributed by atoms with Gasteiger partial charge in [0.1, 0.15) is 17.7 Å². The minimum absolute atomic E-state index is 0.347.